The maximum absolute atomic E-state index is 5.99. The smallest absolute Gasteiger partial charge is 0.119 e. The van der Waals surface area contributed by atoms with E-state index in [4.69, 9.17) is 11.6 Å². The van der Waals surface area contributed by atoms with Crippen LogP contribution in [0.3, 0.4) is 0 Å². The summed E-state index contributed by atoms with van der Waals surface area (Å²) in [4.78, 5) is 4.21. The second-order valence-corrected chi connectivity index (χ2v) is 4.29. The van der Waals surface area contributed by atoms with Crippen molar-refractivity contribution in [3.05, 3.63) is 51.3 Å². The fraction of sp³-hybridized carbons (Fsp3) is 0. The monoisotopic (exact) mass is 315 g/mol. The van der Waals surface area contributed by atoms with Gasteiger partial charge in [-0.15, -0.1) is 0 Å². The van der Waals surface area contributed by atoms with Gasteiger partial charge in [0.05, 0.1) is 5.02 Å². The van der Waals surface area contributed by atoms with Gasteiger partial charge in [0.2, 0.25) is 0 Å². The Morgan fingerprint density at radius 2 is 1.79 bits per heavy atom. The fourth-order valence-corrected chi connectivity index (χ4v) is 1.67. The molecule has 0 saturated carbocycles. The third-order valence-electron chi connectivity index (χ3n) is 1.90. The summed E-state index contributed by atoms with van der Waals surface area (Å²) in [6.07, 6.45) is 1.84. The van der Waals surface area contributed by atoms with Crippen LogP contribution in [0.25, 0.3) is 11.1 Å². The van der Waals surface area contributed by atoms with E-state index in [1.807, 2.05) is 42.6 Å². The summed E-state index contributed by atoms with van der Waals surface area (Å²) < 4.78 is 0.837. The highest BCUT2D eigenvalue weighted by Gasteiger charge is 2.01. The van der Waals surface area contributed by atoms with Crippen LogP contribution in [0.5, 0.6) is 0 Å². The van der Waals surface area contributed by atoms with E-state index in [0.717, 1.165) is 14.8 Å². The Bertz CT molecular complexity index is 442. The SMILES string of the molecule is Clc1cc(-c2ccccc2)cnc1I. The number of nitrogens with zero attached hydrogens (tertiary/aromatic N) is 1. The average molecular weight is 316 g/mol. The number of rotatable bonds is 1. The highest BCUT2D eigenvalue weighted by atomic mass is 127. The number of benzene rings is 1. The van der Waals surface area contributed by atoms with Gasteiger partial charge in [-0.3, -0.25) is 0 Å². The normalized spacial score (nSPS) is 10.1. The van der Waals surface area contributed by atoms with E-state index in [1.165, 1.54) is 0 Å². The van der Waals surface area contributed by atoms with Gasteiger partial charge < -0.3 is 0 Å². The first kappa shape index (κ1) is 9.93. The van der Waals surface area contributed by atoms with Gasteiger partial charge in [-0.1, -0.05) is 41.9 Å². The Kier molecular flexibility index (Phi) is 3.03. The van der Waals surface area contributed by atoms with Crippen LogP contribution in [0.1, 0.15) is 0 Å². The lowest BCUT2D eigenvalue weighted by Gasteiger charge is -2.01. The summed E-state index contributed by atoms with van der Waals surface area (Å²) in [5.74, 6) is 0. The van der Waals surface area contributed by atoms with E-state index >= 15 is 0 Å². The molecule has 1 heterocycles. The topological polar surface area (TPSA) is 12.9 Å². The van der Waals surface area contributed by atoms with Gasteiger partial charge >= 0.3 is 0 Å². The molecule has 0 unspecified atom stereocenters. The molecule has 2 rings (SSSR count). The highest BCUT2D eigenvalue weighted by molar-refractivity contribution is 14.1. The molecule has 0 spiro atoms. The minimum Gasteiger partial charge on any atom is -0.248 e. The van der Waals surface area contributed by atoms with Gasteiger partial charge in [0.15, 0.2) is 0 Å². The van der Waals surface area contributed by atoms with Crippen molar-refractivity contribution in [2.45, 2.75) is 0 Å². The van der Waals surface area contributed by atoms with Crippen molar-refractivity contribution >= 4 is 34.2 Å². The molecule has 0 radical (unpaired) electrons. The predicted octanol–water partition coefficient (Wildman–Crippen LogP) is 4.01. The first-order valence-electron chi connectivity index (χ1n) is 4.14. The summed E-state index contributed by atoms with van der Waals surface area (Å²) in [5, 5.41) is 0.701. The average Bonchev–Trinajstić information content (AvgIpc) is 2.23. The molecular weight excluding hydrogens is 308 g/mol. The zero-order chi connectivity index (χ0) is 9.97. The van der Waals surface area contributed by atoms with Gasteiger partial charge in [-0.05, 0) is 34.2 Å². The van der Waals surface area contributed by atoms with Gasteiger partial charge in [0, 0.05) is 11.8 Å². The molecule has 0 aliphatic heterocycles. The number of hydrogen-bond acceptors (Lipinski definition) is 1. The molecule has 3 heteroatoms. The molecule has 0 bridgehead atoms. The van der Waals surface area contributed by atoms with Crippen molar-refractivity contribution < 1.29 is 0 Å². The van der Waals surface area contributed by atoms with Crippen LogP contribution in [0.2, 0.25) is 5.02 Å². The minimum absolute atomic E-state index is 0.701. The van der Waals surface area contributed by atoms with Crippen LogP contribution < -0.4 is 0 Å². The number of hydrogen-bond donors (Lipinski definition) is 0. The molecule has 0 fully saturated rings. The third-order valence-corrected chi connectivity index (χ3v) is 3.37. The van der Waals surface area contributed by atoms with Gasteiger partial charge in [0.25, 0.3) is 0 Å². The first-order chi connectivity index (χ1) is 6.77. The third kappa shape index (κ3) is 2.07. The quantitative estimate of drug-likeness (QED) is 0.572. The molecule has 1 nitrogen and oxygen atoms in total. The van der Waals surface area contributed by atoms with Gasteiger partial charge in [-0.25, -0.2) is 4.98 Å². The molecule has 1 aromatic heterocycles. The Balaban J connectivity index is 2.48. The molecule has 0 amide bonds. The first-order valence-corrected chi connectivity index (χ1v) is 5.59. The number of halogens is 2. The highest BCUT2D eigenvalue weighted by Crippen LogP contribution is 2.24. The summed E-state index contributed by atoms with van der Waals surface area (Å²) in [5.41, 5.74) is 2.19. The lowest BCUT2D eigenvalue weighted by Crippen LogP contribution is -1.84. The Labute approximate surface area is 101 Å². The van der Waals surface area contributed by atoms with E-state index in [1.54, 1.807) is 0 Å². The zero-order valence-corrected chi connectivity index (χ0v) is 10.2. The van der Waals surface area contributed by atoms with E-state index in [2.05, 4.69) is 27.6 Å². The minimum atomic E-state index is 0.701. The van der Waals surface area contributed by atoms with Gasteiger partial charge in [-0.2, -0.15) is 0 Å². The van der Waals surface area contributed by atoms with Crippen molar-refractivity contribution in [3.63, 3.8) is 0 Å². The molecule has 70 valence electrons. The van der Waals surface area contributed by atoms with Crippen LogP contribution in [0, 0.1) is 3.70 Å². The van der Waals surface area contributed by atoms with Crippen LogP contribution in [0.4, 0.5) is 0 Å². The zero-order valence-electron chi connectivity index (χ0n) is 7.24. The predicted molar refractivity (Wildman–Crippen MR) is 67.4 cm³/mol. The lowest BCUT2D eigenvalue weighted by atomic mass is 10.1. The van der Waals surface area contributed by atoms with Crippen LogP contribution >= 0.6 is 34.2 Å². The van der Waals surface area contributed by atoms with Crippen LogP contribution in [-0.2, 0) is 0 Å². The largest absolute Gasteiger partial charge is 0.248 e. The fourth-order valence-electron chi connectivity index (χ4n) is 1.21. The second kappa shape index (κ2) is 4.28. The van der Waals surface area contributed by atoms with E-state index < -0.39 is 0 Å². The molecule has 0 saturated heterocycles. The summed E-state index contributed by atoms with van der Waals surface area (Å²) >= 11 is 8.11. The van der Waals surface area contributed by atoms with Crippen molar-refractivity contribution in [1.29, 1.82) is 0 Å². The Morgan fingerprint density at radius 1 is 1.07 bits per heavy atom. The summed E-state index contributed by atoms with van der Waals surface area (Å²) in [6, 6.07) is 12.0. The molecule has 1 aromatic carbocycles. The van der Waals surface area contributed by atoms with Crippen molar-refractivity contribution in [1.82, 2.24) is 4.98 Å². The molecular formula is C11H7ClIN. The number of aromatic nitrogens is 1. The molecule has 0 aliphatic rings. The van der Waals surface area contributed by atoms with Crippen LogP contribution in [0.15, 0.2) is 42.6 Å². The second-order valence-electron chi connectivity index (χ2n) is 2.86. The van der Waals surface area contributed by atoms with Crippen molar-refractivity contribution in [3.8, 4) is 11.1 Å². The van der Waals surface area contributed by atoms with Crippen molar-refractivity contribution in [2.75, 3.05) is 0 Å². The molecule has 14 heavy (non-hydrogen) atoms. The maximum atomic E-state index is 5.99. The lowest BCUT2D eigenvalue weighted by molar-refractivity contribution is 1.27. The van der Waals surface area contributed by atoms with Crippen molar-refractivity contribution in [2.24, 2.45) is 0 Å². The molecule has 0 atom stereocenters. The summed E-state index contributed by atoms with van der Waals surface area (Å²) in [6.45, 7) is 0. The standard InChI is InChI=1S/C11H7ClIN/c12-10-6-9(7-14-11(10)13)8-4-2-1-3-5-8/h1-7H. The van der Waals surface area contributed by atoms with E-state index in [0.29, 0.717) is 5.02 Å². The molecule has 0 aliphatic carbocycles. The Morgan fingerprint density at radius 3 is 2.43 bits per heavy atom. The molecule has 2 aromatic rings. The number of pyridine rings is 1. The van der Waals surface area contributed by atoms with E-state index in [-0.39, 0.29) is 0 Å². The summed E-state index contributed by atoms with van der Waals surface area (Å²) in [7, 11) is 0. The van der Waals surface area contributed by atoms with E-state index in [9.17, 15) is 0 Å². The van der Waals surface area contributed by atoms with Crippen LogP contribution in [-0.4, -0.2) is 4.98 Å². The maximum Gasteiger partial charge on any atom is 0.119 e. The Hall–Kier alpha value is -0.610. The molecule has 0 N–H and O–H groups in total. The van der Waals surface area contributed by atoms with Gasteiger partial charge in [0.1, 0.15) is 3.70 Å².